The van der Waals surface area contributed by atoms with Crippen molar-refractivity contribution in [1.29, 1.82) is 0 Å². The first-order chi connectivity index (χ1) is 8.72. The van der Waals surface area contributed by atoms with E-state index in [4.69, 9.17) is 0 Å². The fourth-order valence-electron chi connectivity index (χ4n) is 1.98. The summed E-state index contributed by atoms with van der Waals surface area (Å²) in [5, 5.41) is 5.00. The molecule has 0 nitrogen and oxygen atoms in total. The maximum absolute atomic E-state index is 3.44. The molecule has 0 N–H and O–H groups in total. The average molecular weight is 540 g/mol. The molecule has 4 atom stereocenters. The molecule has 100 valence electrons. The first-order valence-electron chi connectivity index (χ1n) is 6.24. The first kappa shape index (κ1) is 15.4. The van der Waals surface area contributed by atoms with E-state index >= 15 is 0 Å². The van der Waals surface area contributed by atoms with E-state index in [1.54, 1.807) is 8.83 Å². The normalized spacial score (nSPS) is 38.2. The molecular formula is C12H16S2Se4. The van der Waals surface area contributed by atoms with Gasteiger partial charge in [-0.3, -0.25) is 0 Å². The van der Waals surface area contributed by atoms with Gasteiger partial charge in [0.1, 0.15) is 0 Å². The number of hydrogen-bond donors (Lipinski definition) is 0. The van der Waals surface area contributed by atoms with Crippen molar-refractivity contribution in [2.45, 2.75) is 43.6 Å². The Labute approximate surface area is 147 Å². The Kier molecular flexibility index (Phi) is 6.15. The summed E-state index contributed by atoms with van der Waals surface area (Å²) in [5.74, 6) is 2.83. The molecule has 0 aromatic heterocycles. The summed E-state index contributed by atoms with van der Waals surface area (Å²) in [4.78, 5) is 1.93. The van der Waals surface area contributed by atoms with Gasteiger partial charge in [0.15, 0.2) is 0 Å². The summed E-state index contributed by atoms with van der Waals surface area (Å²) in [6, 6.07) is 0. The maximum atomic E-state index is 3.44. The molecule has 0 aliphatic carbocycles. The van der Waals surface area contributed by atoms with Crippen molar-refractivity contribution in [3.8, 4) is 0 Å². The van der Waals surface area contributed by atoms with Gasteiger partial charge >= 0.3 is 149 Å². The van der Waals surface area contributed by atoms with Crippen LogP contribution in [0.25, 0.3) is 0 Å². The van der Waals surface area contributed by atoms with Gasteiger partial charge < -0.3 is 0 Å². The van der Waals surface area contributed by atoms with Crippen LogP contribution in [0.2, 0.25) is 20.3 Å². The molecule has 0 aromatic rings. The molecule has 0 amide bonds. The van der Waals surface area contributed by atoms with E-state index in [0.717, 1.165) is 50.0 Å². The molecule has 18 heavy (non-hydrogen) atoms. The molecule has 0 bridgehead atoms. The van der Waals surface area contributed by atoms with Gasteiger partial charge in [-0.05, 0) is 0 Å². The van der Waals surface area contributed by atoms with E-state index < -0.39 is 0 Å². The van der Waals surface area contributed by atoms with Crippen molar-refractivity contribution in [1.82, 2.24) is 0 Å². The van der Waals surface area contributed by atoms with Gasteiger partial charge in [0.05, 0.1) is 0 Å². The third kappa shape index (κ3) is 4.77. The predicted molar refractivity (Wildman–Crippen MR) is 91.9 cm³/mol. The van der Waals surface area contributed by atoms with Gasteiger partial charge in [0, 0.05) is 0 Å². The van der Waals surface area contributed by atoms with Crippen molar-refractivity contribution in [3.05, 3.63) is 0 Å². The van der Waals surface area contributed by atoms with Gasteiger partial charge in [-0.1, -0.05) is 0 Å². The van der Waals surface area contributed by atoms with E-state index in [-0.39, 0.29) is 0 Å². The van der Waals surface area contributed by atoms with Crippen molar-refractivity contribution >= 4 is 93.4 Å². The van der Waals surface area contributed by atoms with E-state index in [9.17, 15) is 0 Å². The minimum atomic E-state index is 0.820. The Morgan fingerprint density at radius 3 is 1.78 bits per heavy atom. The summed E-state index contributed by atoms with van der Waals surface area (Å²) < 4.78 is 3.45. The molecule has 6 heteroatoms. The summed E-state index contributed by atoms with van der Waals surface area (Å²) in [6.45, 7) is 0. The Bertz CT molecular complexity index is 320. The SMILES string of the molecule is [Se]=C(CC1CS1)C1C[Se]CC(C(=[Se])CC2CS2)[Se]1. The standard InChI is InChI=1S/C12H16S2Se4/c15-9(1-7-3-13-7)11-5-17-6-12(18-11)10(16)2-8-4-14-8/h7-8,11-12H,1-6H2. The van der Waals surface area contributed by atoms with Crippen LogP contribution >= 0.6 is 23.5 Å². The first-order valence-corrected chi connectivity index (χ1v) is 14.5. The van der Waals surface area contributed by atoms with Crippen LogP contribution in [0.4, 0.5) is 0 Å². The third-order valence-corrected chi connectivity index (χ3v) is 16.4. The zero-order valence-corrected chi connectivity index (χ0v) is 18.5. The summed E-state index contributed by atoms with van der Waals surface area (Å²) >= 11 is 12.9. The van der Waals surface area contributed by atoms with Gasteiger partial charge in [-0.2, -0.15) is 0 Å². The van der Waals surface area contributed by atoms with Crippen molar-refractivity contribution in [3.63, 3.8) is 0 Å². The van der Waals surface area contributed by atoms with Gasteiger partial charge in [-0.25, -0.2) is 0 Å². The van der Waals surface area contributed by atoms with E-state index in [2.05, 4.69) is 54.7 Å². The van der Waals surface area contributed by atoms with E-state index in [0.29, 0.717) is 0 Å². The van der Waals surface area contributed by atoms with Gasteiger partial charge in [-0.15, -0.1) is 0 Å². The van der Waals surface area contributed by atoms with E-state index in [1.165, 1.54) is 35.0 Å². The van der Waals surface area contributed by atoms with Crippen molar-refractivity contribution in [2.75, 3.05) is 11.5 Å². The van der Waals surface area contributed by atoms with Crippen LogP contribution in [-0.4, -0.2) is 91.9 Å². The van der Waals surface area contributed by atoms with Crippen LogP contribution < -0.4 is 0 Å². The zero-order valence-electron chi connectivity index (χ0n) is 10.0. The summed E-state index contributed by atoms with van der Waals surface area (Å²) in [6.07, 6.45) is 2.75. The topological polar surface area (TPSA) is 0 Å². The van der Waals surface area contributed by atoms with Crippen LogP contribution in [0.15, 0.2) is 0 Å². The summed E-state index contributed by atoms with van der Waals surface area (Å²) in [7, 11) is 0. The molecule has 4 unspecified atom stereocenters. The van der Waals surface area contributed by atoms with Crippen LogP contribution in [-0.2, 0) is 0 Å². The molecule has 0 spiro atoms. The van der Waals surface area contributed by atoms with Crippen LogP contribution in [0, 0.1) is 0 Å². The number of rotatable bonds is 6. The van der Waals surface area contributed by atoms with Crippen molar-refractivity contribution in [2.24, 2.45) is 0 Å². The second-order valence-electron chi connectivity index (χ2n) is 4.90. The fraction of sp³-hybridized carbons (Fsp3) is 0.833. The second-order valence-corrected chi connectivity index (χ2v) is 15.0. The number of thioether (sulfide) groups is 2. The zero-order chi connectivity index (χ0) is 12.5. The minimum absolute atomic E-state index is 0.820. The van der Waals surface area contributed by atoms with Gasteiger partial charge in [0.2, 0.25) is 0 Å². The summed E-state index contributed by atoms with van der Waals surface area (Å²) in [5.41, 5.74) is 0. The Hall–Kier alpha value is 2.52. The molecule has 3 aliphatic rings. The molecule has 0 saturated carbocycles. The predicted octanol–water partition coefficient (Wildman–Crippen LogP) is 1.51. The Morgan fingerprint density at radius 2 is 1.39 bits per heavy atom. The van der Waals surface area contributed by atoms with Crippen LogP contribution in [0.5, 0.6) is 0 Å². The third-order valence-electron chi connectivity index (χ3n) is 3.25. The quantitative estimate of drug-likeness (QED) is 0.371. The molecule has 3 fully saturated rings. The van der Waals surface area contributed by atoms with E-state index in [1.807, 2.05) is 0 Å². The Balaban J connectivity index is 1.50. The second kappa shape index (κ2) is 7.19. The van der Waals surface area contributed by atoms with Crippen LogP contribution in [0.1, 0.15) is 12.8 Å². The molecule has 0 radical (unpaired) electrons. The molecule has 3 aliphatic heterocycles. The molecule has 3 heterocycles. The monoisotopic (exact) mass is 544 g/mol. The number of hydrogen-bond acceptors (Lipinski definition) is 2. The molecule has 0 aromatic carbocycles. The molecule has 3 saturated heterocycles. The van der Waals surface area contributed by atoms with Crippen molar-refractivity contribution < 1.29 is 0 Å². The fourth-order valence-corrected chi connectivity index (χ4v) is 15.1. The molecular weight excluding hydrogens is 524 g/mol. The van der Waals surface area contributed by atoms with Crippen LogP contribution in [0.3, 0.4) is 0 Å². The Morgan fingerprint density at radius 1 is 0.944 bits per heavy atom. The molecule has 3 rings (SSSR count). The average Bonchev–Trinajstić information content (AvgIpc) is 3.25. The van der Waals surface area contributed by atoms with Gasteiger partial charge in [0.25, 0.3) is 0 Å².